The van der Waals surface area contributed by atoms with Gasteiger partial charge in [0.2, 0.25) is 0 Å². The predicted octanol–water partition coefficient (Wildman–Crippen LogP) is 1.77. The third kappa shape index (κ3) is 4.01. The maximum atomic E-state index is 10.7. The summed E-state index contributed by atoms with van der Waals surface area (Å²) in [6.07, 6.45) is 0.883. The number of nitrogens with zero attached hydrogens (tertiary/aromatic N) is 3. The minimum Gasteiger partial charge on any atom is -0.301 e. The van der Waals surface area contributed by atoms with Gasteiger partial charge in [-0.05, 0) is 18.5 Å². The molecule has 0 bridgehead atoms. The van der Waals surface area contributed by atoms with Gasteiger partial charge in [0.15, 0.2) is 0 Å². The van der Waals surface area contributed by atoms with E-state index in [2.05, 4.69) is 16.7 Å². The van der Waals surface area contributed by atoms with E-state index in [9.17, 15) is 10.1 Å². The Morgan fingerprint density at radius 2 is 1.89 bits per heavy atom. The number of rotatable bonds is 5. The molecule has 0 atom stereocenters. The second kappa shape index (κ2) is 6.63. The SMILES string of the molecule is CCN1CCN(CCc2cccc([N+](=O)[O-])c2)CC1. The first kappa shape index (κ1) is 14.0. The van der Waals surface area contributed by atoms with E-state index in [0.29, 0.717) is 0 Å². The van der Waals surface area contributed by atoms with Gasteiger partial charge in [-0.25, -0.2) is 0 Å². The summed E-state index contributed by atoms with van der Waals surface area (Å²) in [7, 11) is 0. The highest BCUT2D eigenvalue weighted by Crippen LogP contribution is 2.14. The molecule has 0 unspecified atom stereocenters. The third-order valence-corrected chi connectivity index (χ3v) is 3.75. The summed E-state index contributed by atoms with van der Waals surface area (Å²) < 4.78 is 0. The molecule has 0 saturated carbocycles. The molecule has 0 aromatic heterocycles. The summed E-state index contributed by atoms with van der Waals surface area (Å²) in [6.45, 7) is 8.76. The Bertz CT molecular complexity index is 428. The molecule has 5 heteroatoms. The summed E-state index contributed by atoms with van der Waals surface area (Å²) in [4.78, 5) is 15.3. The molecule has 1 aromatic carbocycles. The average Bonchev–Trinajstić information content (AvgIpc) is 2.46. The molecule has 0 aliphatic carbocycles. The molecular formula is C14H21N3O2. The Kier molecular flexibility index (Phi) is 4.87. The topological polar surface area (TPSA) is 49.6 Å². The van der Waals surface area contributed by atoms with E-state index < -0.39 is 0 Å². The van der Waals surface area contributed by atoms with Crippen molar-refractivity contribution < 1.29 is 4.92 Å². The Morgan fingerprint density at radius 3 is 2.53 bits per heavy atom. The van der Waals surface area contributed by atoms with Gasteiger partial charge in [0.05, 0.1) is 4.92 Å². The van der Waals surface area contributed by atoms with Crippen LogP contribution < -0.4 is 0 Å². The van der Waals surface area contributed by atoms with Gasteiger partial charge in [0.1, 0.15) is 0 Å². The van der Waals surface area contributed by atoms with E-state index in [1.54, 1.807) is 18.2 Å². The number of piperazine rings is 1. The molecule has 2 rings (SSSR count). The van der Waals surface area contributed by atoms with E-state index in [4.69, 9.17) is 0 Å². The zero-order valence-corrected chi connectivity index (χ0v) is 11.4. The molecule has 1 heterocycles. The summed E-state index contributed by atoms with van der Waals surface area (Å²) in [5.74, 6) is 0. The van der Waals surface area contributed by atoms with Gasteiger partial charge >= 0.3 is 0 Å². The van der Waals surface area contributed by atoms with Crippen molar-refractivity contribution in [1.29, 1.82) is 0 Å². The Labute approximate surface area is 114 Å². The molecule has 5 nitrogen and oxygen atoms in total. The molecule has 1 saturated heterocycles. The Hall–Kier alpha value is -1.46. The van der Waals surface area contributed by atoms with Gasteiger partial charge < -0.3 is 9.80 Å². The standard InChI is InChI=1S/C14H21N3O2/c1-2-15-8-10-16(11-9-15)7-6-13-4-3-5-14(12-13)17(18)19/h3-5,12H,2,6-11H2,1H3. The number of non-ortho nitro benzene ring substituents is 1. The van der Waals surface area contributed by atoms with Crippen LogP contribution >= 0.6 is 0 Å². The Morgan fingerprint density at radius 1 is 1.21 bits per heavy atom. The van der Waals surface area contributed by atoms with Crippen LogP contribution in [0.15, 0.2) is 24.3 Å². The van der Waals surface area contributed by atoms with Crippen LogP contribution in [0, 0.1) is 10.1 Å². The summed E-state index contributed by atoms with van der Waals surface area (Å²) in [5, 5.41) is 10.7. The second-order valence-corrected chi connectivity index (χ2v) is 4.95. The third-order valence-electron chi connectivity index (χ3n) is 3.75. The smallest absolute Gasteiger partial charge is 0.269 e. The highest BCUT2D eigenvalue weighted by Gasteiger charge is 2.15. The van der Waals surface area contributed by atoms with Crippen LogP contribution in [-0.2, 0) is 6.42 Å². The van der Waals surface area contributed by atoms with Gasteiger partial charge in [0.25, 0.3) is 5.69 Å². The number of hydrogen-bond donors (Lipinski definition) is 0. The first-order valence-corrected chi connectivity index (χ1v) is 6.87. The van der Waals surface area contributed by atoms with Crippen molar-refractivity contribution >= 4 is 5.69 Å². The number of likely N-dealkylation sites (N-methyl/N-ethyl adjacent to an activating group) is 1. The van der Waals surface area contributed by atoms with Crippen LogP contribution in [0.2, 0.25) is 0 Å². The molecule has 0 radical (unpaired) electrons. The fourth-order valence-electron chi connectivity index (χ4n) is 2.44. The average molecular weight is 263 g/mol. The van der Waals surface area contributed by atoms with Crippen LogP contribution in [0.4, 0.5) is 5.69 Å². The van der Waals surface area contributed by atoms with Gasteiger partial charge in [-0.15, -0.1) is 0 Å². The van der Waals surface area contributed by atoms with Crippen molar-refractivity contribution in [3.8, 4) is 0 Å². The lowest BCUT2D eigenvalue weighted by Crippen LogP contribution is -2.46. The molecule has 0 spiro atoms. The number of benzene rings is 1. The zero-order valence-electron chi connectivity index (χ0n) is 11.4. The highest BCUT2D eigenvalue weighted by molar-refractivity contribution is 5.34. The molecule has 1 fully saturated rings. The summed E-state index contributed by atoms with van der Waals surface area (Å²) >= 11 is 0. The summed E-state index contributed by atoms with van der Waals surface area (Å²) in [5.41, 5.74) is 1.24. The van der Waals surface area contributed by atoms with Crippen molar-refractivity contribution in [1.82, 2.24) is 9.80 Å². The van der Waals surface area contributed by atoms with Crippen LogP contribution in [0.1, 0.15) is 12.5 Å². The van der Waals surface area contributed by atoms with E-state index in [0.717, 1.165) is 51.3 Å². The minimum absolute atomic E-state index is 0.188. The maximum Gasteiger partial charge on any atom is 0.269 e. The van der Waals surface area contributed by atoms with Crippen LogP contribution in [0.25, 0.3) is 0 Å². The molecular weight excluding hydrogens is 242 g/mol. The molecule has 1 aliphatic rings. The molecule has 104 valence electrons. The first-order valence-electron chi connectivity index (χ1n) is 6.87. The lowest BCUT2D eigenvalue weighted by atomic mass is 10.1. The second-order valence-electron chi connectivity index (χ2n) is 4.95. The van der Waals surface area contributed by atoms with Crippen LogP contribution in [0.5, 0.6) is 0 Å². The van der Waals surface area contributed by atoms with Crippen molar-refractivity contribution in [2.45, 2.75) is 13.3 Å². The van der Waals surface area contributed by atoms with E-state index in [1.165, 1.54) is 0 Å². The zero-order chi connectivity index (χ0) is 13.7. The van der Waals surface area contributed by atoms with Crippen molar-refractivity contribution in [2.75, 3.05) is 39.3 Å². The first-order chi connectivity index (χ1) is 9.19. The molecule has 0 amide bonds. The molecule has 0 N–H and O–H groups in total. The lowest BCUT2D eigenvalue weighted by molar-refractivity contribution is -0.384. The molecule has 19 heavy (non-hydrogen) atoms. The maximum absolute atomic E-state index is 10.7. The predicted molar refractivity (Wildman–Crippen MR) is 75.4 cm³/mol. The normalized spacial score (nSPS) is 17.5. The Balaban J connectivity index is 1.82. The fraction of sp³-hybridized carbons (Fsp3) is 0.571. The van der Waals surface area contributed by atoms with Crippen LogP contribution in [-0.4, -0.2) is 54.0 Å². The highest BCUT2D eigenvalue weighted by atomic mass is 16.6. The van der Waals surface area contributed by atoms with Gasteiger partial charge in [-0.2, -0.15) is 0 Å². The van der Waals surface area contributed by atoms with E-state index in [-0.39, 0.29) is 10.6 Å². The minimum atomic E-state index is -0.330. The quantitative estimate of drug-likeness (QED) is 0.600. The van der Waals surface area contributed by atoms with Gasteiger partial charge in [0, 0.05) is 44.9 Å². The van der Waals surface area contributed by atoms with Crippen molar-refractivity contribution in [3.63, 3.8) is 0 Å². The van der Waals surface area contributed by atoms with Crippen molar-refractivity contribution in [3.05, 3.63) is 39.9 Å². The van der Waals surface area contributed by atoms with E-state index >= 15 is 0 Å². The van der Waals surface area contributed by atoms with Gasteiger partial charge in [-0.3, -0.25) is 10.1 Å². The van der Waals surface area contributed by atoms with Crippen LogP contribution in [0.3, 0.4) is 0 Å². The van der Waals surface area contributed by atoms with Crippen molar-refractivity contribution in [2.24, 2.45) is 0 Å². The fourth-order valence-corrected chi connectivity index (χ4v) is 2.44. The number of nitro benzene ring substituents is 1. The van der Waals surface area contributed by atoms with Gasteiger partial charge in [-0.1, -0.05) is 19.1 Å². The van der Waals surface area contributed by atoms with E-state index in [1.807, 2.05) is 6.07 Å². The molecule has 1 aliphatic heterocycles. The number of hydrogen-bond acceptors (Lipinski definition) is 4. The molecule has 1 aromatic rings. The largest absolute Gasteiger partial charge is 0.301 e. The monoisotopic (exact) mass is 263 g/mol. The lowest BCUT2D eigenvalue weighted by Gasteiger charge is -2.33. The summed E-state index contributed by atoms with van der Waals surface area (Å²) in [6, 6.07) is 6.96. The number of nitro groups is 1.